The van der Waals surface area contributed by atoms with Gasteiger partial charge in [-0.15, -0.1) is 11.3 Å². The highest BCUT2D eigenvalue weighted by atomic mass is 32.1. The zero-order valence-electron chi connectivity index (χ0n) is 29.1. The third-order valence-corrected chi connectivity index (χ3v) is 12.4. The standard InChI is InChI=1S/C49H30N4S/c1-4-18-36-30(12-1)26-27-43-46(36)40-22-9-14-31-15-10-24-42(45(31)40)53(43)49-50-48(41-23-11-21-39-38-20-7-8-25-44(38)54-47(39)41)51-52(49)29-33-28-32-13-2-3-16-34(32)37-19-6-5-17-35(33)37/h1-28H,29H2. The Morgan fingerprint density at radius 3 is 2.07 bits per heavy atom. The molecule has 0 aliphatic carbocycles. The quantitative estimate of drug-likeness (QED) is 0.135. The highest BCUT2D eigenvalue weighted by Gasteiger charge is 2.36. The van der Waals surface area contributed by atoms with E-state index in [0.29, 0.717) is 6.54 Å². The number of thiophene rings is 1. The molecule has 5 heteroatoms. The second kappa shape index (κ2) is 11.3. The number of fused-ring (bicyclic) bond motifs is 10. The van der Waals surface area contributed by atoms with Gasteiger partial charge in [0.25, 0.3) is 0 Å². The molecule has 0 radical (unpaired) electrons. The highest BCUT2D eigenvalue weighted by molar-refractivity contribution is 7.26. The summed E-state index contributed by atoms with van der Waals surface area (Å²) in [5, 5.41) is 17.8. The van der Waals surface area contributed by atoms with E-state index in [9.17, 15) is 0 Å². The molecule has 1 aliphatic rings. The van der Waals surface area contributed by atoms with Gasteiger partial charge in [0.1, 0.15) is 11.4 Å². The molecule has 0 saturated carbocycles. The Morgan fingerprint density at radius 1 is 0.519 bits per heavy atom. The number of hydrogen-bond acceptors (Lipinski definition) is 3. The molecule has 0 fully saturated rings. The van der Waals surface area contributed by atoms with Gasteiger partial charge in [-0.25, -0.2) is 4.68 Å². The van der Waals surface area contributed by atoms with E-state index in [1.54, 1.807) is 0 Å². The summed E-state index contributed by atoms with van der Waals surface area (Å²) >= 11 is 1.81. The second-order valence-electron chi connectivity index (χ2n) is 14.2. The lowest BCUT2D eigenvalue weighted by Gasteiger charge is -2.28. The van der Waals surface area contributed by atoms with Crippen LogP contribution in [0.2, 0.25) is 0 Å². The van der Waals surface area contributed by atoms with Gasteiger partial charge in [0.15, 0.2) is 5.82 Å². The van der Waals surface area contributed by atoms with Crippen molar-refractivity contribution < 1.29 is 4.68 Å². The lowest BCUT2D eigenvalue weighted by Crippen LogP contribution is -2.43. The van der Waals surface area contributed by atoms with Crippen molar-refractivity contribution in [1.82, 2.24) is 10.1 Å². The van der Waals surface area contributed by atoms with Crippen molar-refractivity contribution in [3.05, 3.63) is 175 Å². The van der Waals surface area contributed by atoms with Crippen LogP contribution in [0.3, 0.4) is 0 Å². The molecule has 1 aliphatic heterocycles. The van der Waals surface area contributed by atoms with Crippen molar-refractivity contribution >= 4 is 91.9 Å². The van der Waals surface area contributed by atoms with E-state index >= 15 is 0 Å². The minimum atomic E-state index is 0.549. The van der Waals surface area contributed by atoms with Crippen molar-refractivity contribution in [2.24, 2.45) is 0 Å². The molecule has 252 valence electrons. The van der Waals surface area contributed by atoms with E-state index in [1.165, 1.54) is 80.0 Å². The molecule has 0 N–H and O–H groups in total. The Morgan fingerprint density at radius 2 is 1.19 bits per heavy atom. The van der Waals surface area contributed by atoms with Gasteiger partial charge in [0.05, 0.1) is 6.54 Å². The number of rotatable bonds is 4. The average Bonchev–Trinajstić information content (AvgIpc) is 3.82. The summed E-state index contributed by atoms with van der Waals surface area (Å²) in [6.45, 7) is 0.549. The van der Waals surface area contributed by atoms with Gasteiger partial charge in [-0.2, -0.15) is 4.90 Å². The molecule has 0 bridgehead atoms. The smallest absolute Gasteiger partial charge is 0.270 e. The summed E-state index contributed by atoms with van der Waals surface area (Å²) in [4.78, 5) is 7.95. The van der Waals surface area contributed by atoms with Crippen molar-refractivity contribution in [1.29, 1.82) is 0 Å². The molecule has 54 heavy (non-hydrogen) atoms. The Labute approximate surface area is 314 Å². The first-order valence-electron chi connectivity index (χ1n) is 18.4. The third-order valence-electron chi connectivity index (χ3n) is 11.2. The summed E-state index contributed by atoms with van der Waals surface area (Å²) in [5.74, 6) is 1.51. The van der Waals surface area contributed by atoms with Gasteiger partial charge in [0, 0.05) is 36.7 Å². The lowest BCUT2D eigenvalue weighted by molar-refractivity contribution is -0.734. The van der Waals surface area contributed by atoms with Crippen LogP contribution in [-0.2, 0) is 6.54 Å². The van der Waals surface area contributed by atoms with Crippen LogP contribution >= 0.6 is 11.3 Å². The predicted molar refractivity (Wildman–Crippen MR) is 225 cm³/mol. The molecule has 3 heterocycles. The molecule has 0 saturated heterocycles. The molecule has 0 atom stereocenters. The van der Waals surface area contributed by atoms with Gasteiger partial charge in [-0.1, -0.05) is 151 Å². The zero-order chi connectivity index (χ0) is 35.3. The third kappa shape index (κ3) is 4.24. The molecule has 9 aromatic carbocycles. The zero-order valence-corrected chi connectivity index (χ0v) is 29.9. The second-order valence-corrected chi connectivity index (χ2v) is 15.2. The predicted octanol–water partition coefficient (Wildman–Crippen LogP) is 12.5. The van der Waals surface area contributed by atoms with E-state index in [0.717, 1.165) is 28.7 Å². The van der Waals surface area contributed by atoms with Gasteiger partial charge in [-0.3, -0.25) is 5.10 Å². The summed E-state index contributed by atoms with van der Waals surface area (Å²) in [5.41, 5.74) is 6.92. The number of aromatic nitrogens is 3. The molecule has 2 aromatic heterocycles. The van der Waals surface area contributed by atoms with Crippen molar-refractivity contribution in [2.45, 2.75) is 6.54 Å². The molecule has 11 aromatic rings. The maximum Gasteiger partial charge on any atom is 0.406 e. The van der Waals surface area contributed by atoms with Crippen molar-refractivity contribution in [2.75, 3.05) is 4.90 Å². The fourth-order valence-electron chi connectivity index (χ4n) is 8.86. The van der Waals surface area contributed by atoms with Crippen LogP contribution in [0.5, 0.6) is 0 Å². The topological polar surface area (TPSA) is 34.1 Å². The van der Waals surface area contributed by atoms with E-state index in [1.807, 2.05) is 11.3 Å². The number of benzene rings is 9. The van der Waals surface area contributed by atoms with Gasteiger partial charge in [-0.05, 0) is 73.1 Å². The summed E-state index contributed by atoms with van der Waals surface area (Å²) in [6.07, 6.45) is 0. The Bertz CT molecular complexity index is 3330. The van der Waals surface area contributed by atoms with E-state index < -0.39 is 0 Å². The van der Waals surface area contributed by atoms with Crippen LogP contribution < -0.4 is 14.7 Å². The van der Waals surface area contributed by atoms with Crippen LogP contribution in [-0.4, -0.2) is 4.98 Å². The summed E-state index contributed by atoms with van der Waals surface area (Å²) < 4.78 is 4.61. The molecule has 0 unspecified atom stereocenters. The molecule has 0 amide bonds. The molecule has 12 rings (SSSR count). The van der Waals surface area contributed by atoms with Crippen LogP contribution in [0, 0.1) is 0 Å². The summed E-state index contributed by atoms with van der Waals surface area (Å²) in [6, 6.07) is 61.5. The number of hydrogen-bond donors (Lipinski definition) is 0. The van der Waals surface area contributed by atoms with Crippen LogP contribution in [0.1, 0.15) is 5.56 Å². The first kappa shape index (κ1) is 29.7. The normalized spacial score (nSPS) is 12.5. The van der Waals surface area contributed by atoms with Crippen molar-refractivity contribution in [3.8, 4) is 22.5 Å². The SMILES string of the molecule is c1ccc2c3c(ccc2c1)N(c1nc(-c2cccc4c2sc2ccccc24)[n-][n+]1Cc1cc2ccccc2c2ccccc12)c1cccc2cccc-3c12. The fourth-order valence-corrected chi connectivity index (χ4v) is 10.1. The van der Waals surface area contributed by atoms with Crippen LogP contribution in [0.4, 0.5) is 17.3 Å². The highest BCUT2D eigenvalue weighted by Crippen LogP contribution is 2.52. The maximum atomic E-state index is 5.59. The van der Waals surface area contributed by atoms with E-state index in [4.69, 9.17) is 10.1 Å². The lowest BCUT2D eigenvalue weighted by atomic mass is 9.88. The average molecular weight is 707 g/mol. The number of nitrogens with zero attached hydrogens (tertiary/aromatic N) is 4. The summed E-state index contributed by atoms with van der Waals surface area (Å²) in [7, 11) is 0. The van der Waals surface area contributed by atoms with Gasteiger partial charge in [0.2, 0.25) is 0 Å². The number of anilines is 3. The fraction of sp³-hybridized carbons (Fsp3) is 0.0204. The Balaban J connectivity index is 1.16. The van der Waals surface area contributed by atoms with E-state index in [-0.39, 0.29) is 0 Å². The molecular formula is C49H30N4S. The Kier molecular flexibility index (Phi) is 6.24. The van der Waals surface area contributed by atoms with Crippen molar-refractivity contribution in [3.63, 3.8) is 0 Å². The molecule has 0 spiro atoms. The largest absolute Gasteiger partial charge is 0.406 e. The first-order valence-corrected chi connectivity index (χ1v) is 19.2. The first-order chi connectivity index (χ1) is 26.8. The van der Waals surface area contributed by atoms with Crippen LogP contribution in [0.25, 0.3) is 85.8 Å². The van der Waals surface area contributed by atoms with Gasteiger partial charge < -0.3 is 0 Å². The molecule has 4 nitrogen and oxygen atoms in total. The van der Waals surface area contributed by atoms with E-state index in [2.05, 4.69) is 179 Å². The van der Waals surface area contributed by atoms with Gasteiger partial charge >= 0.3 is 5.95 Å². The monoisotopic (exact) mass is 706 g/mol. The Hall–Kier alpha value is -6.82. The minimum absolute atomic E-state index is 0.549. The molecular weight excluding hydrogens is 677 g/mol. The van der Waals surface area contributed by atoms with Crippen LogP contribution in [0.15, 0.2) is 170 Å². The maximum absolute atomic E-state index is 5.59. The minimum Gasteiger partial charge on any atom is -0.270 e.